The molecule has 0 radical (unpaired) electrons. The first-order chi connectivity index (χ1) is 14.9. The Kier molecular flexibility index (Phi) is 11.5. The second-order valence-corrected chi connectivity index (χ2v) is 7.34. The van der Waals surface area contributed by atoms with E-state index < -0.39 is 0 Å². The van der Waals surface area contributed by atoms with Gasteiger partial charge in [0.05, 0.1) is 18.8 Å². The molecule has 7 heteroatoms. The summed E-state index contributed by atoms with van der Waals surface area (Å²) in [5.74, 6) is 1.83. The highest BCUT2D eigenvalue weighted by Gasteiger charge is 2.14. The van der Waals surface area contributed by atoms with Crippen molar-refractivity contribution in [3.8, 4) is 5.75 Å². The summed E-state index contributed by atoms with van der Waals surface area (Å²) in [5, 5.41) is 3.49. The minimum Gasteiger partial charge on any atom is -1.00 e. The summed E-state index contributed by atoms with van der Waals surface area (Å²) in [4.78, 5) is 5.06. The van der Waals surface area contributed by atoms with Crippen molar-refractivity contribution in [3.63, 3.8) is 0 Å². The molecule has 4 rings (SSSR count). The van der Waals surface area contributed by atoms with Crippen LogP contribution >= 0.6 is 0 Å². The van der Waals surface area contributed by atoms with Crippen molar-refractivity contribution in [2.45, 2.75) is 0 Å². The van der Waals surface area contributed by atoms with Gasteiger partial charge in [0.15, 0.2) is 0 Å². The Balaban J connectivity index is 0.00000181. The number of benzene rings is 3. The van der Waals surface area contributed by atoms with Crippen molar-refractivity contribution in [1.82, 2.24) is 0 Å². The van der Waals surface area contributed by atoms with E-state index in [-0.39, 0.29) is 34.0 Å². The van der Waals surface area contributed by atoms with E-state index in [9.17, 15) is 0 Å². The van der Waals surface area contributed by atoms with Gasteiger partial charge in [-0.05, 0) is 48.5 Å². The fourth-order valence-corrected chi connectivity index (χ4v) is 3.45. The van der Waals surface area contributed by atoms with Gasteiger partial charge in [-0.3, -0.25) is 0 Å². The van der Waals surface area contributed by atoms with Crippen molar-refractivity contribution in [1.29, 1.82) is 0 Å². The lowest BCUT2D eigenvalue weighted by Crippen LogP contribution is -3.14. The fourth-order valence-electron chi connectivity index (χ4n) is 3.45. The number of nitrogens with one attached hydrogen (secondary N) is 3. The Labute approximate surface area is 211 Å². The smallest absolute Gasteiger partial charge is 0.285 e. The van der Waals surface area contributed by atoms with E-state index in [0.717, 1.165) is 68.0 Å². The van der Waals surface area contributed by atoms with Crippen molar-refractivity contribution >= 4 is 17.2 Å². The first kappa shape index (κ1) is 26.1. The fraction of sp³-hybridized carbons (Fsp3) is 0.240. The summed E-state index contributed by atoms with van der Waals surface area (Å²) in [6.07, 6.45) is 0. The van der Waals surface area contributed by atoms with Gasteiger partial charge in [-0.25, -0.2) is 10.3 Å². The number of ether oxygens (including phenoxy) is 2. The Morgan fingerprint density at radius 2 is 1.47 bits per heavy atom. The molecule has 3 N–H and O–H groups in total. The summed E-state index contributed by atoms with van der Waals surface area (Å²) in [6, 6.07) is 28.6. The largest absolute Gasteiger partial charge is 1.00 e. The average molecular weight is 563 g/mol. The van der Waals surface area contributed by atoms with Gasteiger partial charge in [-0.1, -0.05) is 36.4 Å². The molecule has 1 aliphatic heterocycles. The van der Waals surface area contributed by atoms with Crippen LogP contribution in [-0.4, -0.2) is 45.3 Å². The third-order valence-corrected chi connectivity index (χ3v) is 5.15. The molecule has 1 aliphatic rings. The predicted molar refractivity (Wildman–Crippen MR) is 120 cm³/mol. The molecule has 0 spiro atoms. The topological polar surface area (TPSA) is 48.9 Å². The van der Waals surface area contributed by atoms with Crippen LogP contribution in [0.5, 0.6) is 5.75 Å². The van der Waals surface area contributed by atoms with Crippen LogP contribution in [0.2, 0.25) is 0 Å². The van der Waals surface area contributed by atoms with Crippen molar-refractivity contribution in [3.05, 3.63) is 90.5 Å². The highest BCUT2D eigenvalue weighted by atomic mass is 79.9. The second kappa shape index (κ2) is 14.1. The molecule has 3 aromatic carbocycles. The molecule has 0 unspecified atom stereocenters. The Bertz CT molecular complexity index is 932. The van der Waals surface area contributed by atoms with Gasteiger partial charge in [0, 0.05) is 0 Å². The van der Waals surface area contributed by atoms with Crippen LogP contribution in [0.4, 0.5) is 11.4 Å². The molecule has 32 heavy (non-hydrogen) atoms. The summed E-state index contributed by atoms with van der Waals surface area (Å²) in [6.45, 7) is 5.58. The molecule has 0 saturated carbocycles. The Morgan fingerprint density at radius 3 is 2.12 bits per heavy atom. The Hall–Kier alpha value is -2.19. The van der Waals surface area contributed by atoms with E-state index in [4.69, 9.17) is 9.47 Å². The van der Waals surface area contributed by atoms with Crippen LogP contribution in [-0.2, 0) is 4.74 Å². The molecule has 0 atom stereocenters. The molecular weight excluding hydrogens is 534 g/mol. The van der Waals surface area contributed by atoms with Gasteiger partial charge >= 0.3 is 0 Å². The predicted octanol–water partition coefficient (Wildman–Crippen LogP) is -4.74. The van der Waals surface area contributed by atoms with Crippen molar-refractivity contribution in [2.75, 3.05) is 44.8 Å². The molecule has 5 nitrogen and oxygen atoms in total. The van der Waals surface area contributed by atoms with Crippen LogP contribution in [0.3, 0.4) is 0 Å². The van der Waals surface area contributed by atoms with Crippen molar-refractivity contribution in [2.24, 2.45) is 0 Å². The van der Waals surface area contributed by atoms with E-state index in [0.29, 0.717) is 0 Å². The van der Waals surface area contributed by atoms with E-state index in [1.54, 1.807) is 4.90 Å². The molecular formula is C25H29Br2N3O2. The Morgan fingerprint density at radius 1 is 0.844 bits per heavy atom. The molecule has 1 fully saturated rings. The molecule has 3 aromatic rings. The average Bonchev–Trinajstić information content (AvgIpc) is 2.82. The van der Waals surface area contributed by atoms with Gasteiger partial charge in [0.25, 0.3) is 5.84 Å². The maximum atomic E-state index is 5.94. The van der Waals surface area contributed by atoms with Gasteiger partial charge in [0.2, 0.25) is 0 Å². The zero-order chi connectivity index (χ0) is 20.4. The SMILES string of the molecule is [Br-].[Br-].c1ccc(NC(=[NH+]c2ccc(OCC[NH+]3CCOCC3)cc2)c2ccccc2)cc1. The number of hydrogen-bond acceptors (Lipinski definition) is 2. The lowest BCUT2D eigenvalue weighted by atomic mass is 10.2. The molecule has 0 aliphatic carbocycles. The van der Waals surface area contributed by atoms with Gasteiger partial charge in [-0.2, -0.15) is 0 Å². The molecule has 1 saturated heterocycles. The van der Waals surface area contributed by atoms with E-state index >= 15 is 0 Å². The van der Waals surface area contributed by atoms with E-state index in [1.807, 2.05) is 60.7 Å². The molecule has 1 heterocycles. The number of anilines is 1. The van der Waals surface area contributed by atoms with Crippen LogP contribution in [0.25, 0.3) is 0 Å². The van der Waals surface area contributed by atoms with Crippen molar-refractivity contribution < 1.29 is 53.3 Å². The normalized spacial score (nSPS) is 14.1. The number of morpholine rings is 1. The second-order valence-electron chi connectivity index (χ2n) is 7.34. The molecule has 0 amide bonds. The molecule has 0 bridgehead atoms. The molecule has 170 valence electrons. The van der Waals surface area contributed by atoms with Crippen LogP contribution in [0.1, 0.15) is 5.56 Å². The lowest BCUT2D eigenvalue weighted by molar-refractivity contribution is -0.908. The van der Waals surface area contributed by atoms with Gasteiger partial charge < -0.3 is 48.3 Å². The number of hydrogen-bond donors (Lipinski definition) is 3. The zero-order valence-electron chi connectivity index (χ0n) is 17.9. The standard InChI is InChI=1S/C25H27N3O2.2BrH/c1-3-7-21(8-4-1)25(26-22-9-5-2-6-10-22)27-23-11-13-24(14-12-23)30-20-17-28-15-18-29-19-16-28;;/h1-14H,15-20H2,(H,26,27);2*1H. The first-order valence-electron chi connectivity index (χ1n) is 10.5. The maximum Gasteiger partial charge on any atom is 0.285 e. The van der Waals surface area contributed by atoms with Crippen LogP contribution < -0.4 is 53.9 Å². The van der Waals surface area contributed by atoms with Gasteiger partial charge in [-0.15, -0.1) is 0 Å². The zero-order valence-corrected chi connectivity index (χ0v) is 21.1. The van der Waals surface area contributed by atoms with Crippen LogP contribution in [0, 0.1) is 0 Å². The number of quaternary nitrogens is 1. The minimum atomic E-state index is 0. The number of para-hydroxylation sites is 1. The highest BCUT2D eigenvalue weighted by molar-refractivity contribution is 6.04. The molecule has 0 aromatic heterocycles. The van der Waals surface area contributed by atoms with Crippen LogP contribution in [0.15, 0.2) is 84.9 Å². The summed E-state index contributed by atoms with van der Waals surface area (Å²) in [7, 11) is 0. The summed E-state index contributed by atoms with van der Waals surface area (Å²) < 4.78 is 11.3. The summed E-state index contributed by atoms with van der Waals surface area (Å²) >= 11 is 0. The third-order valence-electron chi connectivity index (χ3n) is 5.15. The third kappa shape index (κ3) is 8.06. The first-order valence-corrected chi connectivity index (χ1v) is 10.5. The monoisotopic (exact) mass is 561 g/mol. The summed E-state index contributed by atoms with van der Waals surface area (Å²) in [5.41, 5.74) is 3.13. The number of rotatable bonds is 7. The number of halogens is 2. The van der Waals surface area contributed by atoms with Gasteiger partial charge in [0.1, 0.15) is 43.4 Å². The maximum absolute atomic E-state index is 5.94. The quantitative estimate of drug-likeness (QED) is 0.200. The lowest BCUT2D eigenvalue weighted by Gasteiger charge is -2.23. The highest BCUT2D eigenvalue weighted by Crippen LogP contribution is 2.12. The number of amidine groups is 1. The van der Waals surface area contributed by atoms with E-state index in [2.05, 4.69) is 34.6 Å². The minimum absolute atomic E-state index is 0. The van der Waals surface area contributed by atoms with E-state index in [1.165, 1.54) is 0 Å².